The maximum Gasteiger partial charge on any atom is 0.407 e. The second kappa shape index (κ2) is 9.25. The molecule has 1 saturated carbocycles. The zero-order chi connectivity index (χ0) is 25.6. The molecule has 36 heavy (non-hydrogen) atoms. The molecule has 0 saturated heterocycles. The number of alkyl halides is 1. The van der Waals surface area contributed by atoms with Crippen LogP contribution in [0.4, 0.5) is 21.0 Å². The lowest BCUT2D eigenvalue weighted by Crippen LogP contribution is -2.36. The minimum absolute atomic E-state index is 0.0735. The normalized spacial score (nSPS) is 19.8. The lowest BCUT2D eigenvalue weighted by Gasteiger charge is -2.18. The zero-order valence-corrected chi connectivity index (χ0v) is 20.9. The molecule has 0 unspecified atom stereocenters. The fourth-order valence-electron chi connectivity index (χ4n) is 4.72. The third-order valence-corrected chi connectivity index (χ3v) is 6.64. The Bertz CT molecular complexity index is 1410. The quantitative estimate of drug-likeness (QED) is 0.370. The number of hydrogen-bond acceptors (Lipinski definition) is 7. The number of halogens is 1. The van der Waals surface area contributed by atoms with Crippen LogP contribution in [0.15, 0.2) is 24.7 Å². The molecule has 0 radical (unpaired) electrons. The van der Waals surface area contributed by atoms with Crippen LogP contribution in [0.25, 0.3) is 16.8 Å². The van der Waals surface area contributed by atoms with Crippen molar-refractivity contribution in [2.75, 3.05) is 5.32 Å². The van der Waals surface area contributed by atoms with Gasteiger partial charge in [-0.05, 0) is 40.5 Å². The molecule has 1 aliphatic carbocycles. The minimum atomic E-state index is -1.32. The summed E-state index contributed by atoms with van der Waals surface area (Å²) in [5.74, 6) is 0.605. The maximum atomic E-state index is 15.1. The first kappa shape index (κ1) is 23.8. The number of ether oxygens (including phenoxy) is 1. The van der Waals surface area contributed by atoms with Gasteiger partial charge in [0.15, 0.2) is 5.82 Å². The Hall–Kier alpha value is -3.96. The van der Waals surface area contributed by atoms with Crippen LogP contribution in [-0.2, 0) is 11.8 Å². The van der Waals surface area contributed by atoms with E-state index in [1.54, 1.807) is 12.3 Å². The van der Waals surface area contributed by atoms with Gasteiger partial charge in [-0.1, -0.05) is 0 Å². The molecule has 4 aromatic rings. The number of nitrogens with zero attached hydrogens (tertiary/aromatic N) is 6. The first-order valence-corrected chi connectivity index (χ1v) is 12.0. The van der Waals surface area contributed by atoms with Crippen molar-refractivity contribution in [2.45, 2.75) is 64.8 Å². The summed E-state index contributed by atoms with van der Waals surface area (Å²) in [6.45, 7) is 7.59. The number of carbonyl (C=O) groups excluding carboxylic acids is 1. The number of nitrogens with one attached hydrogen (secondary N) is 3. The molecule has 3 N–H and O–H groups in total. The average molecular weight is 496 g/mol. The monoisotopic (exact) mass is 495 g/mol. The van der Waals surface area contributed by atoms with Gasteiger partial charge in [0, 0.05) is 60.0 Å². The highest BCUT2D eigenvalue weighted by molar-refractivity contribution is 5.82. The number of H-pyrrole nitrogens is 1. The van der Waals surface area contributed by atoms with Crippen molar-refractivity contribution in [1.82, 2.24) is 39.7 Å². The summed E-state index contributed by atoms with van der Waals surface area (Å²) in [5.41, 5.74) is 5.09. The number of fused-ring (bicyclic) bond motifs is 1. The third-order valence-electron chi connectivity index (χ3n) is 6.64. The first-order valence-electron chi connectivity index (χ1n) is 12.0. The van der Waals surface area contributed by atoms with Gasteiger partial charge in [-0.15, -0.1) is 0 Å². The number of imidazole rings is 1. The fraction of sp³-hybridized carbons (Fsp3) is 0.458. The van der Waals surface area contributed by atoms with Crippen LogP contribution in [0.1, 0.15) is 49.7 Å². The van der Waals surface area contributed by atoms with Crippen LogP contribution in [0.5, 0.6) is 0 Å². The van der Waals surface area contributed by atoms with Gasteiger partial charge in [0.25, 0.3) is 0 Å². The molecule has 4 aromatic heterocycles. The van der Waals surface area contributed by atoms with Gasteiger partial charge in [-0.3, -0.25) is 14.2 Å². The molecule has 190 valence electrons. The van der Waals surface area contributed by atoms with Crippen LogP contribution in [0, 0.1) is 13.8 Å². The van der Waals surface area contributed by atoms with E-state index in [1.807, 2.05) is 56.2 Å². The van der Waals surface area contributed by atoms with E-state index in [2.05, 4.69) is 30.9 Å². The Morgan fingerprint density at radius 2 is 2.11 bits per heavy atom. The van der Waals surface area contributed by atoms with Crippen molar-refractivity contribution in [3.63, 3.8) is 0 Å². The number of aryl methyl sites for hydroxylation is 2. The second-order valence-electron chi connectivity index (χ2n) is 9.49. The topological polar surface area (TPSA) is 127 Å². The highest BCUT2D eigenvalue weighted by Gasteiger charge is 2.41. The van der Waals surface area contributed by atoms with Gasteiger partial charge >= 0.3 is 6.09 Å². The molecule has 1 fully saturated rings. The summed E-state index contributed by atoms with van der Waals surface area (Å²) in [4.78, 5) is 21.2. The highest BCUT2D eigenvalue weighted by Crippen LogP contribution is 2.39. The Morgan fingerprint density at radius 1 is 1.31 bits per heavy atom. The Labute approximate surface area is 207 Å². The van der Waals surface area contributed by atoms with E-state index in [9.17, 15) is 4.79 Å². The van der Waals surface area contributed by atoms with Crippen molar-refractivity contribution in [3.05, 3.63) is 41.7 Å². The van der Waals surface area contributed by atoms with E-state index < -0.39 is 24.3 Å². The number of anilines is 2. The van der Waals surface area contributed by atoms with Crippen molar-refractivity contribution >= 4 is 23.5 Å². The van der Waals surface area contributed by atoms with Gasteiger partial charge in [-0.25, -0.2) is 19.2 Å². The van der Waals surface area contributed by atoms with Gasteiger partial charge in [-0.2, -0.15) is 10.2 Å². The van der Waals surface area contributed by atoms with E-state index in [0.717, 1.165) is 28.2 Å². The fourth-order valence-corrected chi connectivity index (χ4v) is 4.72. The first-order chi connectivity index (χ1) is 17.2. The third kappa shape index (κ3) is 4.27. The molecule has 5 rings (SSSR count). The van der Waals surface area contributed by atoms with Crippen LogP contribution < -0.4 is 10.6 Å². The summed E-state index contributed by atoms with van der Waals surface area (Å²) >= 11 is 0. The molecular formula is C24H30FN9O2. The number of alkyl carbamates (subject to hydrolysis) is 1. The van der Waals surface area contributed by atoms with Crippen LogP contribution in [0.3, 0.4) is 0 Å². The number of aromatic nitrogens is 7. The number of amides is 1. The van der Waals surface area contributed by atoms with Crippen LogP contribution in [-0.4, -0.2) is 58.8 Å². The molecule has 0 aliphatic heterocycles. The van der Waals surface area contributed by atoms with Gasteiger partial charge in [0.05, 0.1) is 11.9 Å². The number of aromatic amines is 1. The van der Waals surface area contributed by atoms with Crippen molar-refractivity contribution in [3.8, 4) is 11.1 Å². The smallest absolute Gasteiger partial charge is 0.407 e. The molecule has 0 aromatic carbocycles. The molecule has 11 nitrogen and oxygen atoms in total. The Balaban J connectivity index is 1.35. The molecule has 4 heterocycles. The summed E-state index contributed by atoms with van der Waals surface area (Å²) in [6.07, 6.45) is 3.65. The lowest BCUT2D eigenvalue weighted by atomic mass is 10.0. The molecule has 1 amide bonds. The SMILES string of the molecule is Cc1nc(Nc2cc([C@@H]3CC[C@H](OC(=O)NC(C)C)[C@@H]3F)[nH]n2)n2ccnc2c1-c1cnn(C)c1C. The standard InChI is InChI=1S/C24H30FN9O2/c1-12(2)28-24(35)36-18-7-6-15(21(18)25)17-10-19(32-31-17)30-23-29-13(3)20(22-26-8-9-34(22)23)16-11-27-33(5)14(16)4/h8-12,15,18,21H,6-7H2,1-5H3,(H,28,35)(H2,29,30,31,32)/t15-,18-,21+/m0/s1. The molecule has 12 heteroatoms. The predicted molar refractivity (Wildman–Crippen MR) is 132 cm³/mol. The summed E-state index contributed by atoms with van der Waals surface area (Å²) in [7, 11) is 1.90. The number of hydrogen-bond donors (Lipinski definition) is 3. The van der Waals surface area contributed by atoms with E-state index in [1.165, 1.54) is 0 Å². The van der Waals surface area contributed by atoms with Crippen LogP contribution in [0.2, 0.25) is 0 Å². The minimum Gasteiger partial charge on any atom is -0.443 e. The molecule has 0 bridgehead atoms. The van der Waals surface area contributed by atoms with Crippen molar-refractivity contribution in [1.29, 1.82) is 0 Å². The zero-order valence-electron chi connectivity index (χ0n) is 20.9. The lowest BCUT2D eigenvalue weighted by molar-refractivity contribution is 0.0555. The van der Waals surface area contributed by atoms with E-state index in [-0.39, 0.29) is 6.04 Å². The second-order valence-corrected chi connectivity index (χ2v) is 9.49. The summed E-state index contributed by atoms with van der Waals surface area (Å²) < 4.78 is 24.1. The van der Waals surface area contributed by atoms with Gasteiger partial charge in [0.2, 0.25) is 5.95 Å². The van der Waals surface area contributed by atoms with Gasteiger partial charge < -0.3 is 15.4 Å². The Morgan fingerprint density at radius 3 is 2.83 bits per heavy atom. The van der Waals surface area contributed by atoms with E-state index in [0.29, 0.717) is 30.3 Å². The average Bonchev–Trinajstić information content (AvgIpc) is 3.60. The molecule has 1 aliphatic rings. The largest absolute Gasteiger partial charge is 0.443 e. The van der Waals surface area contributed by atoms with Crippen molar-refractivity contribution < 1.29 is 13.9 Å². The molecule has 3 atom stereocenters. The number of carbonyl (C=O) groups is 1. The van der Waals surface area contributed by atoms with Crippen LogP contribution >= 0.6 is 0 Å². The van der Waals surface area contributed by atoms with Gasteiger partial charge in [0.1, 0.15) is 17.9 Å². The summed E-state index contributed by atoms with van der Waals surface area (Å²) in [6, 6.07) is 1.70. The summed E-state index contributed by atoms with van der Waals surface area (Å²) in [5, 5.41) is 17.5. The maximum absolute atomic E-state index is 15.1. The highest BCUT2D eigenvalue weighted by atomic mass is 19.1. The molecular weight excluding hydrogens is 465 g/mol. The predicted octanol–water partition coefficient (Wildman–Crippen LogP) is 3.93. The van der Waals surface area contributed by atoms with Crippen molar-refractivity contribution in [2.24, 2.45) is 7.05 Å². The number of rotatable bonds is 6. The van der Waals surface area contributed by atoms with E-state index >= 15 is 4.39 Å². The Kier molecular flexibility index (Phi) is 6.10. The van der Waals surface area contributed by atoms with E-state index in [4.69, 9.17) is 9.72 Å². The molecule has 0 spiro atoms.